The molecule has 0 bridgehead atoms. The first-order valence-electron chi connectivity index (χ1n) is 6.01. The van der Waals surface area contributed by atoms with Crippen molar-refractivity contribution in [1.29, 1.82) is 0 Å². The first-order chi connectivity index (χ1) is 7.20. The van der Waals surface area contributed by atoms with Crippen LogP contribution < -0.4 is 5.32 Å². The topological polar surface area (TPSA) is 29.9 Å². The molecular weight excluding hydrogens is 186 g/mol. The molecule has 3 heteroatoms. The van der Waals surface area contributed by atoms with Crippen molar-refractivity contribution >= 4 is 5.95 Å². The maximum Gasteiger partial charge on any atom is 0.203 e. The number of imidazole rings is 1. The summed E-state index contributed by atoms with van der Waals surface area (Å²) in [6, 6.07) is 0.561. The van der Waals surface area contributed by atoms with E-state index in [0.717, 1.165) is 24.1 Å². The van der Waals surface area contributed by atoms with Crippen LogP contribution in [-0.4, -0.2) is 15.6 Å². The molecule has 3 nitrogen and oxygen atoms in total. The number of rotatable bonds is 4. The Bertz CT molecular complexity index is 326. The number of aryl methyl sites for hydroxylation is 2. The minimum absolute atomic E-state index is 0.561. The van der Waals surface area contributed by atoms with Crippen LogP contribution in [0, 0.1) is 12.8 Å². The Hall–Kier alpha value is -0.990. The van der Waals surface area contributed by atoms with Gasteiger partial charge < -0.3 is 9.88 Å². The molecule has 0 spiro atoms. The lowest BCUT2D eigenvalue weighted by atomic mass is 9.80. The van der Waals surface area contributed by atoms with Crippen molar-refractivity contribution < 1.29 is 0 Å². The minimum Gasteiger partial charge on any atom is -0.353 e. The minimum atomic E-state index is 0.561. The molecule has 15 heavy (non-hydrogen) atoms. The summed E-state index contributed by atoms with van der Waals surface area (Å²) in [6.07, 6.45) is 6.26. The Labute approximate surface area is 91.9 Å². The summed E-state index contributed by atoms with van der Waals surface area (Å²) in [5, 5.41) is 3.54. The van der Waals surface area contributed by atoms with Crippen LogP contribution in [0.25, 0.3) is 0 Å². The normalized spacial score (nSPS) is 18.6. The van der Waals surface area contributed by atoms with Crippen molar-refractivity contribution in [3.05, 3.63) is 11.9 Å². The zero-order chi connectivity index (χ0) is 10.8. The van der Waals surface area contributed by atoms with Crippen LogP contribution in [0.3, 0.4) is 0 Å². The molecule has 0 saturated heterocycles. The van der Waals surface area contributed by atoms with Crippen molar-refractivity contribution in [3.8, 4) is 0 Å². The lowest BCUT2D eigenvalue weighted by Crippen LogP contribution is -2.31. The molecule has 1 fully saturated rings. The zero-order valence-corrected chi connectivity index (χ0v) is 9.95. The predicted molar refractivity (Wildman–Crippen MR) is 63.1 cm³/mol. The van der Waals surface area contributed by atoms with Crippen LogP contribution in [0.1, 0.15) is 38.8 Å². The Kier molecular flexibility index (Phi) is 2.98. The van der Waals surface area contributed by atoms with Crippen LogP contribution in [0.15, 0.2) is 6.20 Å². The van der Waals surface area contributed by atoms with Crippen LogP contribution in [0.4, 0.5) is 5.95 Å². The van der Waals surface area contributed by atoms with Gasteiger partial charge in [0.2, 0.25) is 5.95 Å². The SMILES string of the molecule is CCn1cc(C)nc1NC(C)C1CCC1. The molecule has 1 unspecified atom stereocenters. The third-order valence-corrected chi connectivity index (χ3v) is 3.45. The third-order valence-electron chi connectivity index (χ3n) is 3.45. The number of nitrogens with one attached hydrogen (secondary N) is 1. The average molecular weight is 207 g/mol. The second kappa shape index (κ2) is 4.25. The summed E-state index contributed by atoms with van der Waals surface area (Å²) >= 11 is 0. The van der Waals surface area contributed by atoms with E-state index in [9.17, 15) is 0 Å². The Morgan fingerprint density at radius 3 is 2.87 bits per heavy atom. The molecular formula is C12H21N3. The molecule has 1 aliphatic carbocycles. The van der Waals surface area contributed by atoms with Crippen molar-refractivity contribution in [3.63, 3.8) is 0 Å². The van der Waals surface area contributed by atoms with Gasteiger partial charge in [0.05, 0.1) is 5.69 Å². The molecule has 2 rings (SSSR count). The highest BCUT2D eigenvalue weighted by Crippen LogP contribution is 2.30. The predicted octanol–water partition coefficient (Wildman–Crippen LogP) is 2.81. The summed E-state index contributed by atoms with van der Waals surface area (Å²) in [4.78, 5) is 4.51. The van der Waals surface area contributed by atoms with E-state index < -0.39 is 0 Å². The van der Waals surface area contributed by atoms with Crippen LogP contribution in [-0.2, 0) is 6.54 Å². The summed E-state index contributed by atoms with van der Waals surface area (Å²) in [5.41, 5.74) is 1.10. The van der Waals surface area contributed by atoms with Gasteiger partial charge in [-0.05, 0) is 39.5 Å². The first-order valence-corrected chi connectivity index (χ1v) is 6.01. The fraction of sp³-hybridized carbons (Fsp3) is 0.750. The van der Waals surface area contributed by atoms with Gasteiger partial charge >= 0.3 is 0 Å². The lowest BCUT2D eigenvalue weighted by Gasteiger charge is -2.32. The van der Waals surface area contributed by atoms with E-state index in [-0.39, 0.29) is 0 Å². The fourth-order valence-corrected chi connectivity index (χ4v) is 2.16. The van der Waals surface area contributed by atoms with Crippen LogP contribution in [0.2, 0.25) is 0 Å². The molecule has 1 saturated carbocycles. The van der Waals surface area contributed by atoms with Gasteiger partial charge in [0.15, 0.2) is 0 Å². The van der Waals surface area contributed by atoms with Crippen molar-refractivity contribution in [2.24, 2.45) is 5.92 Å². The number of anilines is 1. The molecule has 0 amide bonds. The smallest absolute Gasteiger partial charge is 0.203 e. The summed E-state index contributed by atoms with van der Waals surface area (Å²) < 4.78 is 2.19. The Morgan fingerprint density at radius 1 is 1.60 bits per heavy atom. The van der Waals surface area contributed by atoms with E-state index in [1.165, 1.54) is 19.3 Å². The highest BCUT2D eigenvalue weighted by Gasteiger charge is 2.24. The number of hydrogen-bond acceptors (Lipinski definition) is 2. The molecule has 1 aromatic heterocycles. The second-order valence-corrected chi connectivity index (χ2v) is 4.62. The third kappa shape index (κ3) is 2.16. The van der Waals surface area contributed by atoms with Gasteiger partial charge in [-0.25, -0.2) is 4.98 Å². The lowest BCUT2D eigenvalue weighted by molar-refractivity contribution is 0.284. The van der Waals surface area contributed by atoms with E-state index in [0.29, 0.717) is 6.04 Å². The van der Waals surface area contributed by atoms with E-state index in [4.69, 9.17) is 0 Å². The summed E-state index contributed by atoms with van der Waals surface area (Å²) in [7, 11) is 0. The molecule has 1 aliphatic rings. The quantitative estimate of drug-likeness (QED) is 0.822. The van der Waals surface area contributed by atoms with E-state index in [1.807, 2.05) is 6.92 Å². The van der Waals surface area contributed by atoms with Crippen LogP contribution in [0.5, 0.6) is 0 Å². The van der Waals surface area contributed by atoms with Crippen molar-refractivity contribution in [2.75, 3.05) is 5.32 Å². The molecule has 0 aromatic carbocycles. The van der Waals surface area contributed by atoms with Gasteiger partial charge in [-0.2, -0.15) is 0 Å². The molecule has 1 N–H and O–H groups in total. The Balaban J connectivity index is 2.01. The van der Waals surface area contributed by atoms with Gasteiger partial charge in [-0.1, -0.05) is 6.42 Å². The maximum atomic E-state index is 4.51. The van der Waals surface area contributed by atoms with Crippen molar-refractivity contribution in [1.82, 2.24) is 9.55 Å². The first kappa shape index (κ1) is 10.5. The summed E-state index contributed by atoms with van der Waals surface area (Å²) in [5.74, 6) is 1.89. The van der Waals surface area contributed by atoms with Gasteiger partial charge in [0, 0.05) is 18.8 Å². The standard InChI is InChI=1S/C12H21N3/c1-4-15-8-9(2)13-12(15)14-10(3)11-6-5-7-11/h8,10-11H,4-7H2,1-3H3,(H,13,14). The number of nitrogens with zero attached hydrogens (tertiary/aromatic N) is 2. The molecule has 1 atom stereocenters. The maximum absolute atomic E-state index is 4.51. The van der Waals surface area contributed by atoms with Gasteiger partial charge in [-0.3, -0.25) is 0 Å². The van der Waals surface area contributed by atoms with Gasteiger partial charge in [0.1, 0.15) is 0 Å². The molecule has 1 aromatic rings. The van der Waals surface area contributed by atoms with Gasteiger partial charge in [0.25, 0.3) is 0 Å². The van der Waals surface area contributed by atoms with E-state index in [1.54, 1.807) is 0 Å². The van der Waals surface area contributed by atoms with E-state index >= 15 is 0 Å². The number of hydrogen-bond donors (Lipinski definition) is 1. The van der Waals surface area contributed by atoms with Crippen LogP contribution >= 0.6 is 0 Å². The summed E-state index contributed by atoms with van der Waals surface area (Å²) in [6.45, 7) is 7.46. The molecule has 1 heterocycles. The number of aromatic nitrogens is 2. The highest BCUT2D eigenvalue weighted by atomic mass is 15.2. The largest absolute Gasteiger partial charge is 0.353 e. The fourth-order valence-electron chi connectivity index (χ4n) is 2.16. The van der Waals surface area contributed by atoms with Gasteiger partial charge in [-0.15, -0.1) is 0 Å². The average Bonchev–Trinajstić information content (AvgIpc) is 2.42. The molecule has 84 valence electrons. The molecule has 0 radical (unpaired) electrons. The van der Waals surface area contributed by atoms with E-state index in [2.05, 4.69) is 34.9 Å². The monoisotopic (exact) mass is 207 g/mol. The Morgan fingerprint density at radius 2 is 2.33 bits per heavy atom. The highest BCUT2D eigenvalue weighted by molar-refractivity contribution is 5.30. The molecule has 0 aliphatic heterocycles. The zero-order valence-electron chi connectivity index (χ0n) is 9.95. The second-order valence-electron chi connectivity index (χ2n) is 4.62. The van der Waals surface area contributed by atoms with Crippen molar-refractivity contribution in [2.45, 2.75) is 52.6 Å².